The fraction of sp³-hybridized carbons (Fsp3) is 0.533. The first kappa shape index (κ1) is 16.0. The van der Waals surface area contributed by atoms with Crippen molar-refractivity contribution in [2.24, 2.45) is 0 Å². The van der Waals surface area contributed by atoms with Crippen LogP contribution in [0.1, 0.15) is 31.2 Å². The van der Waals surface area contributed by atoms with Crippen molar-refractivity contribution in [2.75, 3.05) is 25.0 Å². The van der Waals surface area contributed by atoms with Crippen molar-refractivity contribution in [1.82, 2.24) is 4.90 Å². The zero-order chi connectivity index (χ0) is 14.5. The second-order valence-corrected chi connectivity index (χ2v) is 7.05. The number of carbonyl (C=O) groups is 1. The van der Waals surface area contributed by atoms with E-state index in [1.807, 2.05) is 19.1 Å². The minimum Gasteiger partial charge on any atom is -0.323 e. The Morgan fingerprint density at radius 1 is 1.15 bits per heavy atom. The lowest BCUT2D eigenvalue weighted by atomic mass is 10.2. The molecule has 1 fully saturated rings. The van der Waals surface area contributed by atoms with Gasteiger partial charge in [-0.25, -0.2) is 0 Å². The third-order valence-electron chi connectivity index (χ3n) is 3.52. The number of carbonyl (C=O) groups excluding carboxylic acids is 1. The maximum absolute atomic E-state index is 12.2. The quantitative estimate of drug-likeness (QED) is 0.814. The van der Waals surface area contributed by atoms with Gasteiger partial charge in [-0.3, -0.25) is 9.69 Å². The first-order chi connectivity index (χ1) is 9.56. The lowest BCUT2D eigenvalue weighted by Gasteiger charge is -2.19. The van der Waals surface area contributed by atoms with Gasteiger partial charge >= 0.3 is 0 Å². The van der Waals surface area contributed by atoms with E-state index in [4.69, 9.17) is 0 Å². The Hall–Kier alpha value is -0.390. The van der Waals surface area contributed by atoms with Gasteiger partial charge in [-0.1, -0.05) is 12.8 Å². The maximum atomic E-state index is 12.2. The number of hydrogen-bond acceptors (Lipinski definition) is 2. The van der Waals surface area contributed by atoms with Gasteiger partial charge in [0.1, 0.15) is 0 Å². The first-order valence-corrected chi connectivity index (χ1v) is 8.63. The molecule has 20 heavy (non-hydrogen) atoms. The second-order valence-electron chi connectivity index (χ2n) is 5.34. The first-order valence-electron chi connectivity index (χ1n) is 7.04. The van der Waals surface area contributed by atoms with Crippen molar-refractivity contribution >= 4 is 43.5 Å². The van der Waals surface area contributed by atoms with Crippen LogP contribution in [0.3, 0.4) is 0 Å². The Labute approximate surface area is 137 Å². The molecule has 3 nitrogen and oxygen atoms in total. The highest BCUT2D eigenvalue weighted by atomic mass is 79.9. The van der Waals surface area contributed by atoms with Gasteiger partial charge < -0.3 is 5.32 Å². The molecule has 1 heterocycles. The van der Waals surface area contributed by atoms with Gasteiger partial charge in [0.15, 0.2) is 0 Å². The number of rotatable bonds is 3. The molecule has 2 rings (SSSR count). The number of nitrogens with one attached hydrogen (secondary N) is 1. The smallest absolute Gasteiger partial charge is 0.238 e. The molecule has 1 amide bonds. The lowest BCUT2D eigenvalue weighted by molar-refractivity contribution is -0.117. The van der Waals surface area contributed by atoms with E-state index in [0.29, 0.717) is 6.54 Å². The molecule has 0 bridgehead atoms. The minimum absolute atomic E-state index is 0.0529. The van der Waals surface area contributed by atoms with Crippen LogP contribution in [0.25, 0.3) is 0 Å². The van der Waals surface area contributed by atoms with E-state index >= 15 is 0 Å². The summed E-state index contributed by atoms with van der Waals surface area (Å²) in [5.74, 6) is 0.0529. The summed E-state index contributed by atoms with van der Waals surface area (Å²) in [7, 11) is 0. The fourth-order valence-corrected chi connectivity index (χ4v) is 4.11. The molecule has 1 aliphatic rings. The van der Waals surface area contributed by atoms with Crippen LogP contribution >= 0.6 is 31.9 Å². The van der Waals surface area contributed by atoms with Crippen LogP contribution in [0.2, 0.25) is 0 Å². The Balaban J connectivity index is 1.97. The number of benzene rings is 1. The van der Waals surface area contributed by atoms with Crippen LogP contribution in [0.5, 0.6) is 0 Å². The molecule has 110 valence electrons. The summed E-state index contributed by atoms with van der Waals surface area (Å²) < 4.78 is 1.82. The van der Waals surface area contributed by atoms with Gasteiger partial charge in [0, 0.05) is 8.95 Å². The highest BCUT2D eigenvalue weighted by Gasteiger charge is 2.15. The van der Waals surface area contributed by atoms with Gasteiger partial charge in [-0.05, 0) is 82.4 Å². The largest absolute Gasteiger partial charge is 0.323 e. The Morgan fingerprint density at radius 3 is 2.25 bits per heavy atom. The Bertz CT molecular complexity index is 460. The number of aryl methyl sites for hydroxylation is 1. The summed E-state index contributed by atoms with van der Waals surface area (Å²) in [6, 6.07) is 4.01. The molecule has 0 radical (unpaired) electrons. The van der Waals surface area contributed by atoms with Crippen molar-refractivity contribution in [3.05, 3.63) is 26.6 Å². The molecular formula is C15H20Br2N2O. The highest BCUT2D eigenvalue weighted by Crippen LogP contribution is 2.32. The number of likely N-dealkylation sites (tertiary alicyclic amines) is 1. The molecule has 5 heteroatoms. The average Bonchev–Trinajstić information content (AvgIpc) is 2.62. The molecule has 1 saturated heterocycles. The summed E-state index contributed by atoms with van der Waals surface area (Å²) in [6.45, 7) is 4.57. The van der Waals surface area contributed by atoms with Crippen LogP contribution in [-0.4, -0.2) is 30.4 Å². The molecule has 1 N–H and O–H groups in total. The zero-order valence-corrected chi connectivity index (χ0v) is 14.9. The van der Waals surface area contributed by atoms with E-state index in [2.05, 4.69) is 42.1 Å². The zero-order valence-electron chi connectivity index (χ0n) is 11.7. The number of anilines is 1. The predicted octanol–water partition coefficient (Wildman–Crippen LogP) is 4.33. The molecule has 0 unspecified atom stereocenters. The van der Waals surface area contributed by atoms with Crippen molar-refractivity contribution in [1.29, 1.82) is 0 Å². The third-order valence-corrected chi connectivity index (χ3v) is 4.77. The van der Waals surface area contributed by atoms with E-state index in [1.165, 1.54) is 25.7 Å². The minimum atomic E-state index is 0.0529. The van der Waals surface area contributed by atoms with E-state index in [-0.39, 0.29) is 5.91 Å². The number of hydrogen-bond donors (Lipinski definition) is 1. The molecule has 1 aromatic rings. The van der Waals surface area contributed by atoms with Gasteiger partial charge in [0.25, 0.3) is 0 Å². The molecule has 0 aromatic heterocycles. The third kappa shape index (κ3) is 4.57. The average molecular weight is 404 g/mol. The SMILES string of the molecule is Cc1cc(Br)c(NC(=O)CN2CCCCCC2)c(Br)c1. The monoisotopic (exact) mass is 402 g/mol. The topological polar surface area (TPSA) is 32.3 Å². The maximum Gasteiger partial charge on any atom is 0.238 e. The Morgan fingerprint density at radius 2 is 1.70 bits per heavy atom. The molecule has 0 atom stereocenters. The number of halogens is 2. The van der Waals surface area contributed by atoms with Gasteiger partial charge in [0.05, 0.1) is 12.2 Å². The summed E-state index contributed by atoms with van der Waals surface area (Å²) in [5, 5.41) is 3.00. The van der Waals surface area contributed by atoms with Crippen LogP contribution < -0.4 is 5.32 Å². The fourth-order valence-electron chi connectivity index (χ4n) is 2.50. The van der Waals surface area contributed by atoms with Crippen LogP contribution in [-0.2, 0) is 4.79 Å². The lowest BCUT2D eigenvalue weighted by Crippen LogP contribution is -2.34. The second kappa shape index (κ2) is 7.57. The highest BCUT2D eigenvalue weighted by molar-refractivity contribution is 9.11. The van der Waals surface area contributed by atoms with Crippen molar-refractivity contribution in [2.45, 2.75) is 32.6 Å². The molecular weight excluding hydrogens is 384 g/mol. The number of amides is 1. The van der Waals surface area contributed by atoms with Crippen molar-refractivity contribution in [3.8, 4) is 0 Å². The van der Waals surface area contributed by atoms with Crippen LogP contribution in [0.4, 0.5) is 5.69 Å². The van der Waals surface area contributed by atoms with Gasteiger partial charge in [-0.2, -0.15) is 0 Å². The van der Waals surface area contributed by atoms with E-state index in [1.54, 1.807) is 0 Å². The van der Waals surface area contributed by atoms with Crippen LogP contribution in [0, 0.1) is 6.92 Å². The molecule has 0 aliphatic carbocycles. The van der Waals surface area contributed by atoms with E-state index < -0.39 is 0 Å². The normalized spacial score (nSPS) is 16.8. The van der Waals surface area contributed by atoms with Gasteiger partial charge in [0.2, 0.25) is 5.91 Å². The standard InChI is InChI=1S/C15H20Br2N2O/c1-11-8-12(16)15(13(17)9-11)18-14(20)10-19-6-4-2-3-5-7-19/h8-9H,2-7,10H2,1H3,(H,18,20). The molecule has 0 saturated carbocycles. The summed E-state index contributed by atoms with van der Waals surface area (Å²) in [4.78, 5) is 14.4. The Kier molecular flexibility index (Phi) is 6.05. The summed E-state index contributed by atoms with van der Waals surface area (Å²) in [6.07, 6.45) is 4.97. The van der Waals surface area contributed by atoms with Crippen molar-refractivity contribution in [3.63, 3.8) is 0 Å². The summed E-state index contributed by atoms with van der Waals surface area (Å²) in [5.41, 5.74) is 1.96. The molecule has 1 aliphatic heterocycles. The number of nitrogens with zero attached hydrogens (tertiary/aromatic N) is 1. The molecule has 1 aromatic carbocycles. The molecule has 0 spiro atoms. The van der Waals surface area contributed by atoms with Gasteiger partial charge in [-0.15, -0.1) is 0 Å². The summed E-state index contributed by atoms with van der Waals surface area (Å²) >= 11 is 7.01. The van der Waals surface area contributed by atoms with E-state index in [9.17, 15) is 4.79 Å². The van der Waals surface area contributed by atoms with Crippen LogP contribution in [0.15, 0.2) is 21.1 Å². The van der Waals surface area contributed by atoms with Crippen molar-refractivity contribution < 1.29 is 4.79 Å². The van der Waals surface area contributed by atoms with E-state index in [0.717, 1.165) is 33.3 Å². The predicted molar refractivity (Wildman–Crippen MR) is 90.1 cm³/mol.